The molecule has 3 fully saturated rings. The van der Waals surface area contributed by atoms with Gasteiger partial charge in [0, 0.05) is 6.54 Å². The lowest BCUT2D eigenvalue weighted by molar-refractivity contribution is -0.157. The lowest BCUT2D eigenvalue weighted by Crippen LogP contribution is -2.61. The molecule has 3 unspecified atom stereocenters. The number of sulfone groups is 1. The Hall–Kier alpha value is -1.64. The molecule has 0 aromatic carbocycles. The molecule has 0 aliphatic carbocycles. The van der Waals surface area contributed by atoms with Crippen LogP contribution in [0.2, 0.25) is 0 Å². The number of rotatable bonds is 2. The second-order valence-electron chi connectivity index (χ2n) is 6.54. The third-order valence-electron chi connectivity index (χ3n) is 5.03. The Bertz CT molecular complexity index is 670. The third-order valence-corrected chi connectivity index (χ3v) is 7.83. The van der Waals surface area contributed by atoms with Crippen molar-refractivity contribution in [3.05, 3.63) is 0 Å². The Morgan fingerprint density at radius 2 is 1.95 bits per heavy atom. The maximum atomic E-state index is 12.8. The topological polar surface area (TPSA) is 112 Å². The number of nitrogens with zero attached hydrogens (tertiary/aromatic N) is 2. The van der Waals surface area contributed by atoms with Gasteiger partial charge in [0.25, 0.3) is 0 Å². The molecule has 9 heteroatoms. The van der Waals surface area contributed by atoms with E-state index in [4.69, 9.17) is 0 Å². The molecule has 3 rings (SSSR count). The zero-order chi connectivity index (χ0) is 16.4. The summed E-state index contributed by atoms with van der Waals surface area (Å²) in [5.41, 5.74) is 0. The van der Waals surface area contributed by atoms with Gasteiger partial charge in [-0.2, -0.15) is 0 Å². The first kappa shape index (κ1) is 15.3. The third kappa shape index (κ3) is 1.68. The van der Waals surface area contributed by atoms with Gasteiger partial charge in [-0.25, -0.2) is 13.2 Å². The zero-order valence-corrected chi connectivity index (χ0v) is 13.2. The Morgan fingerprint density at radius 1 is 1.32 bits per heavy atom. The van der Waals surface area contributed by atoms with Crippen LogP contribution in [0.5, 0.6) is 0 Å². The fourth-order valence-corrected chi connectivity index (χ4v) is 5.80. The van der Waals surface area contributed by atoms with Crippen molar-refractivity contribution in [3.63, 3.8) is 0 Å². The summed E-state index contributed by atoms with van der Waals surface area (Å²) in [4.78, 5) is 38.2. The van der Waals surface area contributed by atoms with E-state index in [0.717, 1.165) is 4.90 Å². The van der Waals surface area contributed by atoms with Gasteiger partial charge >= 0.3 is 5.97 Å². The monoisotopic (exact) mass is 330 g/mol. The molecule has 0 aromatic heterocycles. The summed E-state index contributed by atoms with van der Waals surface area (Å²) in [6.45, 7) is 3.14. The van der Waals surface area contributed by atoms with E-state index in [9.17, 15) is 27.9 Å². The van der Waals surface area contributed by atoms with Crippen LogP contribution >= 0.6 is 0 Å². The van der Waals surface area contributed by atoms with Gasteiger partial charge in [0.05, 0.1) is 11.2 Å². The van der Waals surface area contributed by atoms with Crippen molar-refractivity contribution in [2.45, 2.75) is 55.3 Å². The molecule has 8 nitrogen and oxygen atoms in total. The average molecular weight is 330 g/mol. The second-order valence-corrected chi connectivity index (χ2v) is 9.23. The first-order chi connectivity index (χ1) is 10.1. The molecular formula is C13H18N2O6S. The molecule has 3 saturated heterocycles. The normalized spacial score (nSPS) is 35.2. The minimum absolute atomic E-state index is 0.0993. The molecule has 122 valence electrons. The van der Waals surface area contributed by atoms with Crippen molar-refractivity contribution in [1.29, 1.82) is 0 Å². The molecule has 3 aliphatic rings. The van der Waals surface area contributed by atoms with Crippen molar-refractivity contribution in [3.8, 4) is 0 Å². The van der Waals surface area contributed by atoms with E-state index >= 15 is 0 Å². The van der Waals surface area contributed by atoms with E-state index in [0.29, 0.717) is 12.8 Å². The Morgan fingerprint density at radius 3 is 2.50 bits per heavy atom. The van der Waals surface area contributed by atoms with E-state index in [-0.39, 0.29) is 18.9 Å². The summed E-state index contributed by atoms with van der Waals surface area (Å²) in [5, 5.41) is 8.25. The summed E-state index contributed by atoms with van der Waals surface area (Å²) >= 11 is 0. The van der Waals surface area contributed by atoms with Crippen LogP contribution in [0.4, 0.5) is 0 Å². The van der Waals surface area contributed by atoms with Crippen LogP contribution in [0.1, 0.15) is 33.1 Å². The van der Waals surface area contributed by atoms with Gasteiger partial charge in [0.15, 0.2) is 9.84 Å². The lowest BCUT2D eigenvalue weighted by Gasteiger charge is -2.38. The highest BCUT2D eigenvalue weighted by Gasteiger charge is 2.68. The van der Waals surface area contributed by atoms with Gasteiger partial charge in [-0.3, -0.25) is 9.59 Å². The van der Waals surface area contributed by atoms with Crippen LogP contribution in [0.15, 0.2) is 0 Å². The largest absolute Gasteiger partial charge is 0.480 e. The number of carbonyl (C=O) groups is 3. The van der Waals surface area contributed by atoms with Gasteiger partial charge in [0.2, 0.25) is 11.8 Å². The molecule has 0 saturated carbocycles. The van der Waals surface area contributed by atoms with Gasteiger partial charge in [-0.05, 0) is 26.7 Å². The molecule has 0 spiro atoms. The van der Waals surface area contributed by atoms with Crippen LogP contribution in [-0.2, 0) is 24.2 Å². The second kappa shape index (κ2) is 4.43. The number of β-lactam (4-membered cyclic amide) rings is 1. The minimum atomic E-state index is -3.65. The molecule has 22 heavy (non-hydrogen) atoms. The number of amides is 2. The smallest absolute Gasteiger partial charge is 0.326 e. The number of hydrogen-bond acceptors (Lipinski definition) is 5. The summed E-state index contributed by atoms with van der Waals surface area (Å²) in [6.07, 6.45) is 0.802. The van der Waals surface area contributed by atoms with Gasteiger partial charge in [-0.15, -0.1) is 0 Å². The first-order valence-corrected chi connectivity index (χ1v) is 8.73. The van der Waals surface area contributed by atoms with Crippen molar-refractivity contribution in [2.75, 3.05) is 6.54 Å². The summed E-state index contributed by atoms with van der Waals surface area (Å²) in [7, 11) is -3.65. The predicted molar refractivity (Wildman–Crippen MR) is 74.4 cm³/mol. The van der Waals surface area contributed by atoms with Crippen molar-refractivity contribution >= 4 is 27.6 Å². The molecule has 0 bridgehead atoms. The molecule has 3 atom stereocenters. The molecule has 2 amide bonds. The van der Waals surface area contributed by atoms with Crippen molar-refractivity contribution in [1.82, 2.24) is 9.80 Å². The lowest BCUT2D eigenvalue weighted by atomic mass is 9.96. The van der Waals surface area contributed by atoms with Crippen LogP contribution in [0.25, 0.3) is 0 Å². The van der Waals surface area contributed by atoms with E-state index in [1.54, 1.807) is 0 Å². The predicted octanol–water partition coefficient (Wildman–Crippen LogP) is -0.804. The van der Waals surface area contributed by atoms with Crippen LogP contribution in [-0.4, -0.2) is 69.9 Å². The fraction of sp³-hybridized carbons (Fsp3) is 0.769. The Kier molecular flexibility index (Phi) is 3.08. The molecule has 3 aliphatic heterocycles. The molecule has 3 heterocycles. The average Bonchev–Trinajstić information content (AvgIpc) is 2.93. The highest BCUT2D eigenvalue weighted by atomic mass is 32.2. The first-order valence-electron chi connectivity index (χ1n) is 7.18. The minimum Gasteiger partial charge on any atom is -0.480 e. The Balaban J connectivity index is 1.98. The number of aliphatic carboxylic acids is 1. The quantitative estimate of drug-likeness (QED) is 0.663. The van der Waals surface area contributed by atoms with E-state index in [1.807, 2.05) is 0 Å². The number of carbonyl (C=O) groups excluding carboxylic acids is 2. The fourth-order valence-electron chi connectivity index (χ4n) is 3.67. The molecule has 1 N–H and O–H groups in total. The zero-order valence-electron chi connectivity index (χ0n) is 12.4. The number of carboxylic acids is 1. The van der Waals surface area contributed by atoms with Gasteiger partial charge in [-0.1, -0.05) is 0 Å². The Labute approximate surface area is 128 Å². The highest BCUT2D eigenvalue weighted by Crippen LogP contribution is 2.46. The standard InChI is InChI=1S/C13H18N2O6S/c1-13(2)10(15-8(16)6-9(15)22(13,20)21)11(17)14-5-3-4-7(14)12(18)19/h7,9-10H,3-6H2,1-2H3,(H,18,19). The SMILES string of the molecule is CC1(C)C(C(=O)N2CCCC2C(=O)O)N2C(=O)CC2S1(=O)=O. The van der Waals surface area contributed by atoms with Crippen LogP contribution < -0.4 is 0 Å². The maximum Gasteiger partial charge on any atom is 0.326 e. The summed E-state index contributed by atoms with van der Waals surface area (Å²) in [6, 6.07) is -2.08. The van der Waals surface area contributed by atoms with E-state index < -0.39 is 43.9 Å². The maximum absolute atomic E-state index is 12.8. The number of likely N-dealkylation sites (tertiary alicyclic amines) is 1. The van der Waals surface area contributed by atoms with E-state index in [2.05, 4.69) is 0 Å². The summed E-state index contributed by atoms with van der Waals surface area (Å²) in [5.74, 6) is -2.05. The molecular weight excluding hydrogens is 312 g/mol. The van der Waals surface area contributed by atoms with Crippen LogP contribution in [0.3, 0.4) is 0 Å². The van der Waals surface area contributed by atoms with Crippen molar-refractivity contribution in [2.24, 2.45) is 0 Å². The van der Waals surface area contributed by atoms with Gasteiger partial charge in [0.1, 0.15) is 17.5 Å². The van der Waals surface area contributed by atoms with Gasteiger partial charge < -0.3 is 14.9 Å². The number of carboxylic acid groups (broad SMARTS) is 1. The molecule has 0 radical (unpaired) electrons. The molecule has 0 aromatic rings. The number of hydrogen-bond donors (Lipinski definition) is 1. The summed E-state index contributed by atoms with van der Waals surface area (Å²) < 4.78 is 23.6. The van der Waals surface area contributed by atoms with E-state index in [1.165, 1.54) is 18.7 Å². The van der Waals surface area contributed by atoms with Crippen molar-refractivity contribution < 1.29 is 27.9 Å². The van der Waals surface area contributed by atoms with Crippen LogP contribution in [0, 0.1) is 0 Å². The highest BCUT2D eigenvalue weighted by molar-refractivity contribution is 7.93. The number of fused-ring (bicyclic) bond motifs is 1.